The molecule has 2 aliphatic rings. The molecular formula is C16H19FN2O3S. The largest absolute Gasteiger partial charge is 0.481 e. The first kappa shape index (κ1) is 16.1. The minimum atomic E-state index is -0.857. The van der Waals surface area contributed by atoms with Crippen molar-refractivity contribution in [1.29, 1.82) is 0 Å². The highest BCUT2D eigenvalue weighted by Crippen LogP contribution is 2.36. The number of hydrogen-bond acceptors (Lipinski definition) is 3. The molecule has 3 rings (SSSR count). The number of nitrogens with one attached hydrogen (secondary N) is 1. The molecule has 124 valence electrons. The Bertz CT molecular complexity index is 625. The zero-order valence-corrected chi connectivity index (χ0v) is 13.4. The number of rotatable bonds is 2. The van der Waals surface area contributed by atoms with Gasteiger partial charge < -0.3 is 15.3 Å². The number of halogens is 1. The molecule has 2 atom stereocenters. The average Bonchev–Trinajstić information content (AvgIpc) is 2.55. The molecule has 2 heterocycles. The van der Waals surface area contributed by atoms with Crippen LogP contribution in [0.25, 0.3) is 0 Å². The standard InChI is InChI=1S/C16H19FN2O3S/c17-11-3-4-14-12(8-11)13(5-7-23-14)18-16(22)19-6-1-2-10(9-19)15(20)21/h3-4,8,10,13H,1-2,5-7,9H2,(H,18,22)(H,20,21). The van der Waals surface area contributed by atoms with Gasteiger partial charge in [0.15, 0.2) is 0 Å². The number of likely N-dealkylation sites (tertiary alicyclic amines) is 1. The number of hydrogen-bond donors (Lipinski definition) is 2. The third kappa shape index (κ3) is 3.60. The van der Waals surface area contributed by atoms with Crippen LogP contribution in [0.15, 0.2) is 23.1 Å². The molecule has 2 N–H and O–H groups in total. The van der Waals surface area contributed by atoms with Gasteiger partial charge in [-0.15, -0.1) is 11.8 Å². The molecule has 2 amide bonds. The van der Waals surface area contributed by atoms with Gasteiger partial charge in [0.25, 0.3) is 0 Å². The van der Waals surface area contributed by atoms with Gasteiger partial charge in [-0.25, -0.2) is 9.18 Å². The summed E-state index contributed by atoms with van der Waals surface area (Å²) in [4.78, 5) is 26.1. The summed E-state index contributed by atoms with van der Waals surface area (Å²) in [5.74, 6) is -0.805. The Kier molecular flexibility index (Phi) is 4.75. The Balaban J connectivity index is 1.69. The quantitative estimate of drug-likeness (QED) is 0.870. The fourth-order valence-electron chi connectivity index (χ4n) is 3.12. The molecule has 0 saturated carbocycles. The number of nitrogens with zero attached hydrogens (tertiary/aromatic N) is 1. The van der Waals surface area contributed by atoms with E-state index in [1.807, 2.05) is 0 Å². The molecule has 1 aromatic carbocycles. The average molecular weight is 338 g/mol. The van der Waals surface area contributed by atoms with E-state index >= 15 is 0 Å². The number of carbonyl (C=O) groups is 2. The molecule has 2 aliphatic heterocycles. The number of carbonyl (C=O) groups excluding carboxylic acids is 1. The highest BCUT2D eigenvalue weighted by molar-refractivity contribution is 7.99. The third-order valence-corrected chi connectivity index (χ3v) is 5.49. The summed E-state index contributed by atoms with van der Waals surface area (Å²) in [5, 5.41) is 12.1. The van der Waals surface area contributed by atoms with Crippen molar-refractivity contribution < 1.29 is 19.1 Å². The molecule has 1 saturated heterocycles. The van der Waals surface area contributed by atoms with Crippen LogP contribution in [-0.2, 0) is 4.79 Å². The molecule has 5 nitrogen and oxygen atoms in total. The van der Waals surface area contributed by atoms with Crippen molar-refractivity contribution in [3.8, 4) is 0 Å². The van der Waals surface area contributed by atoms with E-state index in [-0.39, 0.29) is 24.4 Å². The summed E-state index contributed by atoms with van der Waals surface area (Å²) in [6.45, 7) is 0.797. The number of amides is 2. The summed E-state index contributed by atoms with van der Waals surface area (Å²) >= 11 is 1.66. The summed E-state index contributed by atoms with van der Waals surface area (Å²) in [6.07, 6.45) is 2.03. The van der Waals surface area contributed by atoms with Crippen LogP contribution in [0, 0.1) is 11.7 Å². The lowest BCUT2D eigenvalue weighted by atomic mass is 9.98. The van der Waals surface area contributed by atoms with Crippen molar-refractivity contribution in [3.05, 3.63) is 29.6 Å². The van der Waals surface area contributed by atoms with Crippen molar-refractivity contribution in [3.63, 3.8) is 0 Å². The van der Waals surface area contributed by atoms with Crippen LogP contribution in [0.5, 0.6) is 0 Å². The van der Waals surface area contributed by atoms with Crippen molar-refractivity contribution in [2.45, 2.75) is 30.2 Å². The van der Waals surface area contributed by atoms with E-state index in [4.69, 9.17) is 5.11 Å². The van der Waals surface area contributed by atoms with Crippen LogP contribution in [-0.4, -0.2) is 40.8 Å². The Morgan fingerprint density at radius 3 is 2.96 bits per heavy atom. The maximum atomic E-state index is 13.5. The van der Waals surface area contributed by atoms with Gasteiger partial charge in [-0.2, -0.15) is 0 Å². The summed E-state index contributed by atoms with van der Waals surface area (Å²) < 4.78 is 13.5. The molecule has 2 unspecified atom stereocenters. The number of carboxylic acids is 1. The highest BCUT2D eigenvalue weighted by Gasteiger charge is 2.30. The van der Waals surface area contributed by atoms with E-state index in [1.165, 1.54) is 12.1 Å². The SMILES string of the molecule is O=C(O)C1CCCN(C(=O)NC2CCSc3ccc(F)cc32)C1. The predicted octanol–water partition coefficient (Wildman–Crippen LogP) is 2.87. The van der Waals surface area contributed by atoms with Gasteiger partial charge in [0.05, 0.1) is 12.0 Å². The first-order chi connectivity index (χ1) is 11.0. The van der Waals surface area contributed by atoms with E-state index in [2.05, 4.69) is 5.32 Å². The minimum absolute atomic E-state index is 0.223. The number of urea groups is 1. The van der Waals surface area contributed by atoms with Crippen LogP contribution in [0.2, 0.25) is 0 Å². The molecule has 0 aliphatic carbocycles. The monoisotopic (exact) mass is 338 g/mol. The zero-order chi connectivity index (χ0) is 16.4. The van der Waals surface area contributed by atoms with Crippen molar-refractivity contribution in [2.24, 2.45) is 5.92 Å². The van der Waals surface area contributed by atoms with Gasteiger partial charge in [-0.3, -0.25) is 4.79 Å². The first-order valence-electron chi connectivity index (χ1n) is 7.75. The second-order valence-electron chi connectivity index (χ2n) is 5.94. The number of piperidine rings is 1. The number of thioether (sulfide) groups is 1. The normalized spacial score (nSPS) is 24.0. The van der Waals surface area contributed by atoms with Gasteiger partial charge in [-0.1, -0.05) is 0 Å². The molecule has 1 aromatic rings. The molecule has 1 fully saturated rings. The van der Waals surface area contributed by atoms with Crippen LogP contribution in [0.4, 0.5) is 9.18 Å². The van der Waals surface area contributed by atoms with Crippen molar-refractivity contribution in [2.75, 3.05) is 18.8 Å². The summed E-state index contributed by atoms with van der Waals surface area (Å²) in [7, 11) is 0. The van der Waals surface area contributed by atoms with E-state index < -0.39 is 11.9 Å². The maximum absolute atomic E-state index is 13.5. The van der Waals surface area contributed by atoms with E-state index in [1.54, 1.807) is 22.7 Å². The fraction of sp³-hybridized carbons (Fsp3) is 0.500. The molecule has 0 spiro atoms. The molecule has 23 heavy (non-hydrogen) atoms. The van der Waals surface area contributed by atoms with Gasteiger partial charge in [-0.05, 0) is 43.0 Å². The maximum Gasteiger partial charge on any atom is 0.317 e. The predicted molar refractivity (Wildman–Crippen MR) is 84.9 cm³/mol. The van der Waals surface area contributed by atoms with Gasteiger partial charge in [0, 0.05) is 23.7 Å². The van der Waals surface area contributed by atoms with E-state index in [9.17, 15) is 14.0 Å². The van der Waals surface area contributed by atoms with Crippen LogP contribution >= 0.6 is 11.8 Å². The number of carboxylic acid groups (broad SMARTS) is 1. The van der Waals surface area contributed by atoms with Crippen LogP contribution in [0.3, 0.4) is 0 Å². The van der Waals surface area contributed by atoms with Gasteiger partial charge in [0.1, 0.15) is 5.82 Å². The van der Waals surface area contributed by atoms with Crippen molar-refractivity contribution in [1.82, 2.24) is 10.2 Å². The third-order valence-electron chi connectivity index (χ3n) is 4.37. The van der Waals surface area contributed by atoms with Gasteiger partial charge >= 0.3 is 12.0 Å². The first-order valence-corrected chi connectivity index (χ1v) is 8.73. The Morgan fingerprint density at radius 1 is 1.35 bits per heavy atom. The second kappa shape index (κ2) is 6.78. The lowest BCUT2D eigenvalue weighted by Crippen LogP contribution is -2.48. The lowest BCUT2D eigenvalue weighted by Gasteiger charge is -2.33. The Morgan fingerprint density at radius 2 is 2.17 bits per heavy atom. The van der Waals surface area contributed by atoms with Crippen LogP contribution < -0.4 is 5.32 Å². The van der Waals surface area contributed by atoms with Crippen LogP contribution in [0.1, 0.15) is 30.9 Å². The Hall–Kier alpha value is -1.76. The minimum Gasteiger partial charge on any atom is -0.481 e. The summed E-state index contributed by atoms with van der Waals surface area (Å²) in [6, 6.07) is 4.17. The number of fused-ring (bicyclic) bond motifs is 1. The smallest absolute Gasteiger partial charge is 0.317 e. The fourth-order valence-corrected chi connectivity index (χ4v) is 4.22. The van der Waals surface area contributed by atoms with Crippen molar-refractivity contribution >= 4 is 23.8 Å². The molecule has 0 radical (unpaired) electrons. The van der Waals surface area contributed by atoms with E-state index in [0.29, 0.717) is 19.4 Å². The van der Waals surface area contributed by atoms with E-state index in [0.717, 1.165) is 22.6 Å². The Labute approximate surface area is 138 Å². The topological polar surface area (TPSA) is 69.6 Å². The molecule has 0 aromatic heterocycles. The number of aliphatic carboxylic acids is 1. The molecule has 0 bridgehead atoms. The molecular weight excluding hydrogens is 319 g/mol. The second-order valence-corrected chi connectivity index (χ2v) is 7.08. The zero-order valence-electron chi connectivity index (χ0n) is 12.6. The highest BCUT2D eigenvalue weighted by atomic mass is 32.2. The molecule has 7 heteroatoms. The number of benzene rings is 1. The summed E-state index contributed by atoms with van der Waals surface area (Å²) in [5.41, 5.74) is 0.807. The van der Waals surface area contributed by atoms with Gasteiger partial charge in [0.2, 0.25) is 0 Å². The lowest BCUT2D eigenvalue weighted by molar-refractivity contribution is -0.143.